The summed E-state index contributed by atoms with van der Waals surface area (Å²) in [6.07, 6.45) is 0.768. The second-order valence-corrected chi connectivity index (χ2v) is 7.98. The molecule has 1 atom stereocenters. The van der Waals surface area contributed by atoms with Gasteiger partial charge in [0, 0.05) is 32.6 Å². The van der Waals surface area contributed by atoms with E-state index in [9.17, 15) is 13.2 Å². The summed E-state index contributed by atoms with van der Waals surface area (Å²) in [5.41, 5.74) is 1.14. The number of carbonyl (C=O) groups excluding carboxylic acids is 1. The fourth-order valence-corrected chi connectivity index (χ4v) is 4.18. The lowest BCUT2D eigenvalue weighted by Crippen LogP contribution is -2.40. The van der Waals surface area contributed by atoms with E-state index in [2.05, 4.69) is 20.9 Å². The lowest BCUT2D eigenvalue weighted by atomic mass is 10.2. The average Bonchev–Trinajstić information content (AvgIpc) is 2.90. The van der Waals surface area contributed by atoms with Gasteiger partial charge >= 0.3 is 0 Å². The molecule has 0 radical (unpaired) electrons. The maximum absolute atomic E-state index is 11.9. The number of amides is 1. The van der Waals surface area contributed by atoms with Crippen molar-refractivity contribution in [2.75, 3.05) is 25.1 Å². The Balaban J connectivity index is 0.00000312. The molecule has 0 bridgehead atoms. The molecule has 25 heavy (non-hydrogen) atoms. The molecule has 0 saturated carbocycles. The third kappa shape index (κ3) is 8.04. The second kappa shape index (κ2) is 10.6. The molecule has 140 valence electrons. The molecule has 1 aromatic carbocycles. The van der Waals surface area contributed by atoms with Crippen molar-refractivity contribution < 1.29 is 13.2 Å². The van der Waals surface area contributed by atoms with Crippen LogP contribution in [0.3, 0.4) is 0 Å². The maximum Gasteiger partial charge on any atom is 0.222 e. The van der Waals surface area contributed by atoms with Crippen LogP contribution in [0.15, 0.2) is 35.3 Å². The highest BCUT2D eigenvalue weighted by Crippen LogP contribution is 2.11. The summed E-state index contributed by atoms with van der Waals surface area (Å²) >= 11 is 0. The van der Waals surface area contributed by atoms with Gasteiger partial charge in [0.15, 0.2) is 15.8 Å². The van der Waals surface area contributed by atoms with Crippen molar-refractivity contribution in [3.05, 3.63) is 35.9 Å². The Morgan fingerprint density at radius 2 is 1.96 bits per heavy atom. The van der Waals surface area contributed by atoms with Gasteiger partial charge in [-0.15, -0.1) is 24.0 Å². The first-order valence-corrected chi connectivity index (χ1v) is 9.79. The largest absolute Gasteiger partial charge is 0.356 e. The maximum atomic E-state index is 11.9. The highest BCUT2D eigenvalue weighted by molar-refractivity contribution is 14.0. The number of hydrogen-bond acceptors (Lipinski definition) is 4. The van der Waals surface area contributed by atoms with Gasteiger partial charge in [-0.1, -0.05) is 30.3 Å². The third-order valence-corrected chi connectivity index (χ3v) is 5.54. The number of benzene rings is 1. The fraction of sp³-hybridized carbons (Fsp3) is 0.500. The summed E-state index contributed by atoms with van der Waals surface area (Å²) in [4.78, 5) is 16.0. The van der Waals surface area contributed by atoms with Crippen LogP contribution in [-0.2, 0) is 21.2 Å². The molecule has 1 aliphatic heterocycles. The van der Waals surface area contributed by atoms with E-state index in [0.717, 1.165) is 5.56 Å². The summed E-state index contributed by atoms with van der Waals surface area (Å²) < 4.78 is 22.7. The minimum absolute atomic E-state index is 0. The van der Waals surface area contributed by atoms with E-state index in [1.54, 1.807) is 7.05 Å². The van der Waals surface area contributed by atoms with Gasteiger partial charge in [0.05, 0.1) is 11.5 Å². The van der Waals surface area contributed by atoms with Crippen LogP contribution in [0.5, 0.6) is 0 Å². The minimum atomic E-state index is -2.97. The van der Waals surface area contributed by atoms with Crippen LogP contribution < -0.4 is 16.0 Å². The predicted octanol–water partition coefficient (Wildman–Crippen LogP) is 0.663. The molecule has 1 unspecified atom stereocenters. The van der Waals surface area contributed by atoms with E-state index < -0.39 is 9.84 Å². The van der Waals surface area contributed by atoms with E-state index in [1.807, 2.05) is 30.3 Å². The lowest BCUT2D eigenvalue weighted by molar-refractivity contribution is -0.121. The van der Waals surface area contributed by atoms with Crippen molar-refractivity contribution in [1.29, 1.82) is 0 Å². The Bertz CT molecular complexity index is 680. The second-order valence-electron chi connectivity index (χ2n) is 5.76. The van der Waals surface area contributed by atoms with E-state index in [1.165, 1.54) is 0 Å². The Morgan fingerprint density at radius 3 is 2.56 bits per heavy atom. The normalized spacial score (nSPS) is 18.9. The van der Waals surface area contributed by atoms with Crippen molar-refractivity contribution in [2.24, 2.45) is 4.99 Å². The summed E-state index contributed by atoms with van der Waals surface area (Å²) in [6, 6.07) is 9.69. The number of guanidine groups is 1. The van der Waals surface area contributed by atoms with Crippen LogP contribution in [0.25, 0.3) is 0 Å². The van der Waals surface area contributed by atoms with Crippen molar-refractivity contribution in [3.63, 3.8) is 0 Å². The molecule has 1 fully saturated rings. The number of rotatable bonds is 6. The van der Waals surface area contributed by atoms with Gasteiger partial charge in [-0.2, -0.15) is 0 Å². The molecule has 0 spiro atoms. The molecule has 7 nitrogen and oxygen atoms in total. The molecule has 1 heterocycles. The zero-order chi connectivity index (χ0) is 17.4. The lowest BCUT2D eigenvalue weighted by Gasteiger charge is -2.13. The molecule has 2 rings (SSSR count). The van der Waals surface area contributed by atoms with Crippen molar-refractivity contribution in [1.82, 2.24) is 16.0 Å². The standard InChI is InChI=1S/C16H24N4O3S.HI/c1-17-16(19-11-13-5-3-2-4-6-13)18-9-7-15(21)20-14-8-10-24(22,23)12-14;/h2-6,14H,7-12H2,1H3,(H,20,21)(H2,17,18,19);1H. The van der Waals surface area contributed by atoms with Gasteiger partial charge in [-0.25, -0.2) is 8.42 Å². The van der Waals surface area contributed by atoms with Crippen LogP contribution in [0.4, 0.5) is 0 Å². The summed E-state index contributed by atoms with van der Waals surface area (Å²) in [5, 5.41) is 9.01. The van der Waals surface area contributed by atoms with Crippen LogP contribution in [0.2, 0.25) is 0 Å². The minimum Gasteiger partial charge on any atom is -0.356 e. The Hall–Kier alpha value is -1.36. The summed E-state index contributed by atoms with van der Waals surface area (Å²) in [5.74, 6) is 0.678. The SMILES string of the molecule is CN=C(NCCC(=O)NC1CCS(=O)(=O)C1)NCc1ccccc1.I. The number of hydrogen-bond donors (Lipinski definition) is 3. The van der Waals surface area contributed by atoms with E-state index in [-0.39, 0.29) is 53.9 Å². The van der Waals surface area contributed by atoms with Crippen molar-refractivity contribution in [3.8, 4) is 0 Å². The molecule has 0 aromatic heterocycles. The van der Waals surface area contributed by atoms with Crippen molar-refractivity contribution >= 4 is 45.7 Å². The quantitative estimate of drug-likeness (QED) is 0.316. The Labute approximate surface area is 166 Å². The zero-order valence-electron chi connectivity index (χ0n) is 14.2. The molecule has 1 aromatic rings. The summed E-state index contributed by atoms with van der Waals surface area (Å²) in [6.45, 7) is 1.08. The van der Waals surface area contributed by atoms with Crippen LogP contribution in [0.1, 0.15) is 18.4 Å². The average molecular weight is 480 g/mol. The van der Waals surface area contributed by atoms with E-state index >= 15 is 0 Å². The van der Waals surface area contributed by atoms with Gasteiger partial charge in [0.1, 0.15) is 0 Å². The number of nitrogens with zero attached hydrogens (tertiary/aromatic N) is 1. The first kappa shape index (κ1) is 21.7. The van der Waals surface area contributed by atoms with Crippen LogP contribution in [-0.4, -0.2) is 51.4 Å². The topological polar surface area (TPSA) is 99.7 Å². The summed E-state index contributed by atoms with van der Waals surface area (Å²) in [7, 11) is -1.30. The van der Waals surface area contributed by atoms with Gasteiger partial charge in [0.2, 0.25) is 5.91 Å². The molecule has 1 aliphatic rings. The highest BCUT2D eigenvalue weighted by Gasteiger charge is 2.28. The van der Waals surface area contributed by atoms with Crippen molar-refractivity contribution in [2.45, 2.75) is 25.4 Å². The number of carbonyl (C=O) groups is 1. The highest BCUT2D eigenvalue weighted by atomic mass is 127. The van der Waals surface area contributed by atoms with E-state index in [4.69, 9.17) is 0 Å². The smallest absolute Gasteiger partial charge is 0.222 e. The predicted molar refractivity (Wildman–Crippen MR) is 110 cm³/mol. The number of sulfone groups is 1. The first-order chi connectivity index (χ1) is 11.5. The molecule has 3 N–H and O–H groups in total. The fourth-order valence-electron chi connectivity index (χ4n) is 2.51. The third-order valence-electron chi connectivity index (χ3n) is 3.77. The van der Waals surface area contributed by atoms with Crippen LogP contribution >= 0.6 is 24.0 Å². The van der Waals surface area contributed by atoms with Gasteiger partial charge < -0.3 is 16.0 Å². The van der Waals surface area contributed by atoms with E-state index in [0.29, 0.717) is 25.5 Å². The molecule has 0 aliphatic carbocycles. The number of aliphatic imine (C=N–C) groups is 1. The number of halogens is 1. The Morgan fingerprint density at radius 1 is 1.24 bits per heavy atom. The van der Waals surface area contributed by atoms with Gasteiger partial charge in [-0.05, 0) is 12.0 Å². The first-order valence-electron chi connectivity index (χ1n) is 7.97. The van der Waals surface area contributed by atoms with Gasteiger partial charge in [0.25, 0.3) is 0 Å². The van der Waals surface area contributed by atoms with Gasteiger partial charge in [-0.3, -0.25) is 9.79 Å². The molecular formula is C16H25IN4O3S. The molecular weight excluding hydrogens is 455 g/mol. The molecule has 9 heteroatoms. The monoisotopic (exact) mass is 480 g/mol. The number of nitrogens with one attached hydrogen (secondary N) is 3. The molecule has 1 saturated heterocycles. The zero-order valence-corrected chi connectivity index (χ0v) is 17.3. The van der Waals surface area contributed by atoms with Crippen LogP contribution in [0, 0.1) is 0 Å². The Kier molecular flexibility index (Phi) is 9.19. The molecule has 1 amide bonds.